The average Bonchev–Trinajstić information content (AvgIpc) is 2.72. The molecule has 0 N–H and O–H groups in total. The van der Waals surface area contributed by atoms with Crippen LogP contribution in [-0.4, -0.2) is 6.61 Å². The van der Waals surface area contributed by atoms with Crippen LogP contribution in [0.4, 0.5) is 0 Å². The Bertz CT molecular complexity index is 497. The molecular weight excluding hydrogens is 316 g/mol. The molecule has 2 unspecified atom stereocenters. The first-order valence-electron chi connectivity index (χ1n) is 11.5. The zero-order valence-corrected chi connectivity index (χ0v) is 17.2. The largest absolute Gasteiger partial charge is 0.494 e. The Morgan fingerprint density at radius 3 is 2.15 bits per heavy atom. The van der Waals surface area contributed by atoms with Crippen LogP contribution in [0.1, 0.15) is 102 Å². The van der Waals surface area contributed by atoms with Gasteiger partial charge in [-0.05, 0) is 79.9 Å². The van der Waals surface area contributed by atoms with E-state index in [9.17, 15) is 0 Å². The predicted molar refractivity (Wildman–Crippen MR) is 112 cm³/mol. The first-order valence-corrected chi connectivity index (χ1v) is 11.5. The summed E-state index contributed by atoms with van der Waals surface area (Å²) < 4.78 is 6.04. The number of ether oxygens (including phenoxy) is 1. The van der Waals surface area contributed by atoms with Crippen LogP contribution in [0.15, 0.2) is 24.3 Å². The minimum absolute atomic E-state index is 0.782. The lowest BCUT2D eigenvalue weighted by molar-refractivity contribution is 0.199. The molecule has 2 aliphatic carbocycles. The summed E-state index contributed by atoms with van der Waals surface area (Å²) in [6.07, 6.45) is 16.7. The SMILES string of the molecule is CCC1CCC(c2ccc(OCCCC3CCCCC3CC)cc2)CC1. The quantitative estimate of drug-likeness (QED) is 0.433. The number of hydrogen-bond donors (Lipinski definition) is 0. The summed E-state index contributed by atoms with van der Waals surface area (Å²) in [7, 11) is 0. The van der Waals surface area contributed by atoms with Gasteiger partial charge in [-0.25, -0.2) is 0 Å². The standard InChI is InChI=1S/C25H40O/c1-3-20-11-13-23(14-12-20)24-15-17-25(18-16-24)26-19-7-10-22-9-6-5-8-21(22)4-2/h15-18,20-23H,3-14,19H2,1-2H3. The number of rotatable bonds is 8. The normalized spacial score (nSPS) is 29.5. The minimum atomic E-state index is 0.782. The van der Waals surface area contributed by atoms with E-state index in [-0.39, 0.29) is 0 Å². The smallest absolute Gasteiger partial charge is 0.119 e. The maximum absolute atomic E-state index is 6.04. The van der Waals surface area contributed by atoms with Gasteiger partial charge in [-0.15, -0.1) is 0 Å². The second-order valence-corrected chi connectivity index (χ2v) is 8.90. The Morgan fingerprint density at radius 2 is 1.50 bits per heavy atom. The van der Waals surface area contributed by atoms with E-state index >= 15 is 0 Å². The molecule has 2 atom stereocenters. The highest BCUT2D eigenvalue weighted by atomic mass is 16.5. The minimum Gasteiger partial charge on any atom is -0.494 e. The molecule has 0 radical (unpaired) electrons. The van der Waals surface area contributed by atoms with Crippen molar-refractivity contribution in [2.45, 2.75) is 96.8 Å². The Hall–Kier alpha value is -0.980. The van der Waals surface area contributed by atoms with Gasteiger partial charge in [-0.2, -0.15) is 0 Å². The van der Waals surface area contributed by atoms with E-state index in [1.54, 1.807) is 0 Å². The van der Waals surface area contributed by atoms with Gasteiger partial charge < -0.3 is 4.74 Å². The first-order chi connectivity index (χ1) is 12.8. The molecule has 2 aliphatic rings. The van der Waals surface area contributed by atoms with Gasteiger partial charge in [-0.3, -0.25) is 0 Å². The number of hydrogen-bond acceptors (Lipinski definition) is 1. The van der Waals surface area contributed by atoms with E-state index in [2.05, 4.69) is 38.1 Å². The highest BCUT2D eigenvalue weighted by molar-refractivity contribution is 5.29. The Morgan fingerprint density at radius 1 is 0.808 bits per heavy atom. The number of benzene rings is 1. The summed E-state index contributed by atoms with van der Waals surface area (Å²) >= 11 is 0. The highest BCUT2D eigenvalue weighted by Gasteiger charge is 2.23. The fraction of sp³-hybridized carbons (Fsp3) is 0.760. The molecule has 1 aromatic rings. The summed E-state index contributed by atoms with van der Waals surface area (Å²) in [6.45, 7) is 5.59. The van der Waals surface area contributed by atoms with E-state index in [1.165, 1.54) is 82.6 Å². The summed E-state index contributed by atoms with van der Waals surface area (Å²) in [5, 5.41) is 0. The molecule has 1 heteroatoms. The van der Waals surface area contributed by atoms with Crippen LogP contribution in [0, 0.1) is 17.8 Å². The molecule has 0 amide bonds. The van der Waals surface area contributed by atoms with Gasteiger partial charge in [0.15, 0.2) is 0 Å². The zero-order chi connectivity index (χ0) is 18.2. The molecule has 0 bridgehead atoms. The van der Waals surface area contributed by atoms with Crippen molar-refractivity contribution >= 4 is 0 Å². The summed E-state index contributed by atoms with van der Waals surface area (Å²) in [5.41, 5.74) is 1.53. The Labute approximate surface area is 161 Å². The van der Waals surface area contributed by atoms with Crippen LogP contribution in [-0.2, 0) is 0 Å². The predicted octanol–water partition coefficient (Wildman–Crippen LogP) is 7.75. The van der Waals surface area contributed by atoms with Crippen molar-refractivity contribution in [3.05, 3.63) is 29.8 Å². The van der Waals surface area contributed by atoms with Crippen LogP contribution >= 0.6 is 0 Å². The lowest BCUT2D eigenvalue weighted by Crippen LogP contribution is -2.19. The molecule has 0 spiro atoms. The van der Waals surface area contributed by atoms with Crippen LogP contribution in [0.5, 0.6) is 5.75 Å². The fourth-order valence-corrected chi connectivity index (χ4v) is 5.48. The lowest BCUT2D eigenvalue weighted by atomic mass is 9.76. The molecule has 0 saturated heterocycles. The van der Waals surface area contributed by atoms with Gasteiger partial charge in [0.1, 0.15) is 5.75 Å². The van der Waals surface area contributed by atoms with Gasteiger partial charge in [0.2, 0.25) is 0 Å². The molecule has 0 aliphatic heterocycles. The second-order valence-electron chi connectivity index (χ2n) is 8.90. The molecule has 2 saturated carbocycles. The van der Waals surface area contributed by atoms with E-state index in [0.717, 1.165) is 36.0 Å². The molecular formula is C25H40O. The second kappa shape index (κ2) is 10.4. The van der Waals surface area contributed by atoms with E-state index in [4.69, 9.17) is 4.74 Å². The van der Waals surface area contributed by atoms with Gasteiger partial charge in [0.25, 0.3) is 0 Å². The van der Waals surface area contributed by atoms with Crippen molar-refractivity contribution in [3.8, 4) is 5.75 Å². The van der Waals surface area contributed by atoms with Crippen molar-refractivity contribution in [1.29, 1.82) is 0 Å². The highest BCUT2D eigenvalue weighted by Crippen LogP contribution is 2.37. The molecule has 0 aromatic heterocycles. The fourth-order valence-electron chi connectivity index (χ4n) is 5.48. The molecule has 1 aromatic carbocycles. The van der Waals surface area contributed by atoms with Crippen LogP contribution < -0.4 is 4.74 Å². The Balaban J connectivity index is 1.38. The average molecular weight is 357 g/mol. The van der Waals surface area contributed by atoms with Crippen molar-refractivity contribution < 1.29 is 4.74 Å². The molecule has 26 heavy (non-hydrogen) atoms. The van der Waals surface area contributed by atoms with E-state index in [0.29, 0.717) is 0 Å². The maximum atomic E-state index is 6.04. The van der Waals surface area contributed by atoms with Crippen molar-refractivity contribution in [1.82, 2.24) is 0 Å². The van der Waals surface area contributed by atoms with E-state index < -0.39 is 0 Å². The third-order valence-corrected chi connectivity index (χ3v) is 7.35. The topological polar surface area (TPSA) is 9.23 Å². The third kappa shape index (κ3) is 5.51. The van der Waals surface area contributed by atoms with Crippen molar-refractivity contribution in [3.63, 3.8) is 0 Å². The molecule has 2 fully saturated rings. The van der Waals surface area contributed by atoms with E-state index in [1.807, 2.05) is 0 Å². The molecule has 3 rings (SSSR count). The maximum Gasteiger partial charge on any atom is 0.119 e. The summed E-state index contributed by atoms with van der Waals surface area (Å²) in [5.74, 6) is 4.75. The molecule has 146 valence electrons. The monoisotopic (exact) mass is 356 g/mol. The van der Waals surface area contributed by atoms with Crippen molar-refractivity contribution in [2.75, 3.05) is 6.61 Å². The van der Waals surface area contributed by atoms with Gasteiger partial charge in [0, 0.05) is 0 Å². The third-order valence-electron chi connectivity index (χ3n) is 7.35. The summed E-state index contributed by atoms with van der Waals surface area (Å²) in [4.78, 5) is 0. The lowest BCUT2D eigenvalue weighted by Gasteiger charge is -2.30. The molecule has 1 nitrogen and oxygen atoms in total. The van der Waals surface area contributed by atoms with Gasteiger partial charge in [0.05, 0.1) is 6.61 Å². The zero-order valence-electron chi connectivity index (χ0n) is 17.2. The van der Waals surface area contributed by atoms with Gasteiger partial charge in [-0.1, -0.05) is 64.5 Å². The first kappa shape index (κ1) is 19.8. The molecule has 0 heterocycles. The van der Waals surface area contributed by atoms with Crippen molar-refractivity contribution in [2.24, 2.45) is 17.8 Å². The van der Waals surface area contributed by atoms with Crippen LogP contribution in [0.2, 0.25) is 0 Å². The van der Waals surface area contributed by atoms with Crippen LogP contribution in [0.25, 0.3) is 0 Å². The van der Waals surface area contributed by atoms with Gasteiger partial charge >= 0.3 is 0 Å². The Kier molecular flexibility index (Phi) is 7.89. The van der Waals surface area contributed by atoms with Crippen LogP contribution in [0.3, 0.4) is 0 Å². The summed E-state index contributed by atoms with van der Waals surface area (Å²) in [6, 6.07) is 9.05.